The van der Waals surface area contributed by atoms with Crippen molar-refractivity contribution in [3.63, 3.8) is 0 Å². The molecule has 6 atom stereocenters. The van der Waals surface area contributed by atoms with Crippen molar-refractivity contribution in [1.29, 1.82) is 0 Å². The maximum atomic E-state index is 12.3. The normalized spacial score (nSPS) is 41.0. The summed E-state index contributed by atoms with van der Waals surface area (Å²) in [5.74, 6) is 0.728. The number of esters is 1. The molecule has 4 aliphatic rings. The molecule has 126 valence electrons. The Bertz CT molecular complexity index is 708. The second-order valence-corrected chi connectivity index (χ2v) is 7.89. The van der Waals surface area contributed by atoms with Crippen LogP contribution in [0.15, 0.2) is 42.0 Å². The quantitative estimate of drug-likeness (QED) is 0.618. The van der Waals surface area contributed by atoms with Gasteiger partial charge in [-0.15, -0.1) is 0 Å². The van der Waals surface area contributed by atoms with Crippen molar-refractivity contribution in [2.45, 2.75) is 50.8 Å². The van der Waals surface area contributed by atoms with Gasteiger partial charge in [-0.05, 0) is 56.7 Å². The lowest BCUT2D eigenvalue weighted by atomic mass is 9.82. The van der Waals surface area contributed by atoms with Crippen molar-refractivity contribution >= 4 is 5.97 Å². The highest BCUT2D eigenvalue weighted by Gasteiger charge is 2.63. The number of hydrogen-bond donors (Lipinski definition) is 0. The maximum absolute atomic E-state index is 12.3. The molecule has 4 heteroatoms. The van der Waals surface area contributed by atoms with E-state index in [-0.39, 0.29) is 24.3 Å². The zero-order valence-electron chi connectivity index (χ0n) is 14.0. The van der Waals surface area contributed by atoms with Crippen molar-refractivity contribution in [3.8, 4) is 0 Å². The van der Waals surface area contributed by atoms with Crippen LogP contribution in [0.3, 0.4) is 0 Å². The lowest BCUT2D eigenvalue weighted by Gasteiger charge is -2.28. The van der Waals surface area contributed by atoms with Crippen LogP contribution in [-0.4, -0.2) is 30.1 Å². The Morgan fingerprint density at radius 2 is 1.83 bits per heavy atom. The Kier molecular flexibility index (Phi) is 3.01. The Labute approximate surface area is 141 Å². The monoisotopic (exact) mass is 326 g/mol. The van der Waals surface area contributed by atoms with E-state index in [1.807, 2.05) is 32.0 Å². The Hall–Kier alpha value is -1.65. The standard InChI is InChI=1S/C20H22O4/c1-20(2)23-17-15-10-16(18(17)24-20)14-9-12(8-13(14)15)22-19(21)11-6-4-3-5-7-11/h3-8,12,14-18H,9-10H2,1-2H3/t12-,14+,15+,16-,17+,18-/m0/s1. The van der Waals surface area contributed by atoms with E-state index < -0.39 is 5.79 Å². The van der Waals surface area contributed by atoms with E-state index in [1.54, 1.807) is 12.1 Å². The van der Waals surface area contributed by atoms with E-state index >= 15 is 0 Å². The third-order valence-corrected chi connectivity index (χ3v) is 6.01. The Morgan fingerprint density at radius 3 is 2.62 bits per heavy atom. The third-order valence-electron chi connectivity index (χ3n) is 6.01. The van der Waals surface area contributed by atoms with Gasteiger partial charge in [0.1, 0.15) is 6.10 Å². The number of hydrogen-bond acceptors (Lipinski definition) is 4. The lowest BCUT2D eigenvalue weighted by molar-refractivity contribution is -0.157. The van der Waals surface area contributed by atoms with Crippen LogP contribution in [0.5, 0.6) is 0 Å². The van der Waals surface area contributed by atoms with Crippen molar-refractivity contribution in [2.24, 2.45) is 17.8 Å². The number of fused-ring (bicyclic) bond motifs is 8. The van der Waals surface area contributed by atoms with Gasteiger partial charge in [-0.2, -0.15) is 0 Å². The van der Waals surface area contributed by atoms with Gasteiger partial charge in [0.25, 0.3) is 0 Å². The average Bonchev–Trinajstić information content (AvgIpc) is 3.24. The summed E-state index contributed by atoms with van der Waals surface area (Å²) in [6, 6.07) is 9.20. The predicted octanol–water partition coefficient (Wildman–Crippen LogP) is 3.33. The van der Waals surface area contributed by atoms with Gasteiger partial charge in [-0.3, -0.25) is 0 Å². The molecule has 2 saturated carbocycles. The van der Waals surface area contributed by atoms with Crippen LogP contribution in [0.4, 0.5) is 0 Å². The highest BCUT2D eigenvalue weighted by atomic mass is 16.8. The third kappa shape index (κ3) is 2.09. The van der Waals surface area contributed by atoms with Gasteiger partial charge in [0.05, 0.1) is 17.8 Å². The summed E-state index contributed by atoms with van der Waals surface area (Å²) in [5, 5.41) is 0. The second-order valence-electron chi connectivity index (χ2n) is 7.89. The smallest absolute Gasteiger partial charge is 0.338 e. The average molecular weight is 326 g/mol. The largest absolute Gasteiger partial charge is 0.455 e. The molecule has 2 bridgehead atoms. The second kappa shape index (κ2) is 4.93. The minimum atomic E-state index is -0.468. The molecule has 0 unspecified atom stereocenters. The van der Waals surface area contributed by atoms with Crippen LogP contribution in [0.1, 0.15) is 37.0 Å². The fraction of sp³-hybridized carbons (Fsp3) is 0.550. The molecular formula is C20H22O4. The summed E-state index contributed by atoms with van der Waals surface area (Å²) >= 11 is 0. The molecule has 1 saturated heterocycles. The van der Waals surface area contributed by atoms with Crippen LogP contribution in [0.25, 0.3) is 0 Å². The van der Waals surface area contributed by atoms with Gasteiger partial charge in [0.2, 0.25) is 0 Å². The number of carbonyl (C=O) groups excluding carboxylic acids is 1. The minimum absolute atomic E-state index is 0.116. The predicted molar refractivity (Wildman–Crippen MR) is 87.3 cm³/mol. The van der Waals surface area contributed by atoms with Crippen LogP contribution in [0.2, 0.25) is 0 Å². The first-order valence-corrected chi connectivity index (χ1v) is 8.85. The summed E-state index contributed by atoms with van der Waals surface area (Å²) in [4.78, 5) is 12.3. The van der Waals surface area contributed by atoms with E-state index in [1.165, 1.54) is 5.57 Å². The lowest BCUT2D eigenvalue weighted by Crippen LogP contribution is -2.35. The van der Waals surface area contributed by atoms with E-state index in [2.05, 4.69) is 6.08 Å². The van der Waals surface area contributed by atoms with Crippen LogP contribution < -0.4 is 0 Å². The van der Waals surface area contributed by atoms with Gasteiger partial charge >= 0.3 is 5.97 Å². The molecule has 0 spiro atoms. The highest BCUT2D eigenvalue weighted by Crippen LogP contribution is 2.61. The molecule has 1 aliphatic heterocycles. The van der Waals surface area contributed by atoms with Crippen molar-refractivity contribution in [3.05, 3.63) is 47.5 Å². The molecule has 0 amide bonds. The number of ether oxygens (including phenoxy) is 3. The molecule has 1 aromatic rings. The zero-order valence-corrected chi connectivity index (χ0v) is 14.0. The fourth-order valence-corrected chi connectivity index (χ4v) is 5.22. The van der Waals surface area contributed by atoms with Gasteiger partial charge in [0, 0.05) is 5.92 Å². The maximum Gasteiger partial charge on any atom is 0.338 e. The number of carbonyl (C=O) groups is 1. The molecule has 3 fully saturated rings. The fourth-order valence-electron chi connectivity index (χ4n) is 5.22. The van der Waals surface area contributed by atoms with Gasteiger partial charge in [0.15, 0.2) is 5.79 Å². The van der Waals surface area contributed by atoms with Crippen molar-refractivity contribution in [1.82, 2.24) is 0 Å². The van der Waals surface area contributed by atoms with Crippen LogP contribution >= 0.6 is 0 Å². The van der Waals surface area contributed by atoms with Gasteiger partial charge in [-0.25, -0.2) is 4.79 Å². The molecule has 5 rings (SSSR count). The topological polar surface area (TPSA) is 44.8 Å². The SMILES string of the molecule is CC1(C)O[C@H]2[C@H]3C[C@H](C4=C[C@H](OC(=O)c5ccccc5)C[C@H]43)[C@H]2O1. The molecule has 0 N–H and O–H groups in total. The molecule has 1 heterocycles. The van der Waals surface area contributed by atoms with E-state index in [9.17, 15) is 4.79 Å². The summed E-state index contributed by atoms with van der Waals surface area (Å²) in [7, 11) is 0. The van der Waals surface area contributed by atoms with Crippen molar-refractivity contribution in [2.75, 3.05) is 0 Å². The van der Waals surface area contributed by atoms with Crippen LogP contribution in [-0.2, 0) is 14.2 Å². The number of benzene rings is 1. The molecule has 4 nitrogen and oxygen atoms in total. The van der Waals surface area contributed by atoms with Crippen LogP contribution in [0, 0.1) is 17.8 Å². The molecule has 3 aliphatic carbocycles. The van der Waals surface area contributed by atoms with E-state index in [0.717, 1.165) is 12.8 Å². The first-order chi connectivity index (χ1) is 11.5. The molecular weight excluding hydrogens is 304 g/mol. The number of rotatable bonds is 2. The summed E-state index contributed by atoms with van der Waals surface area (Å²) < 4.78 is 18.0. The summed E-state index contributed by atoms with van der Waals surface area (Å²) in [6.45, 7) is 4.00. The molecule has 24 heavy (non-hydrogen) atoms. The molecule has 0 radical (unpaired) electrons. The highest BCUT2D eigenvalue weighted by molar-refractivity contribution is 5.89. The zero-order chi connectivity index (χ0) is 16.5. The first-order valence-electron chi connectivity index (χ1n) is 8.85. The first kappa shape index (κ1) is 14.7. The molecule has 0 aromatic heterocycles. The molecule has 1 aromatic carbocycles. The van der Waals surface area contributed by atoms with Gasteiger partial charge < -0.3 is 14.2 Å². The van der Waals surface area contributed by atoms with E-state index in [0.29, 0.717) is 23.3 Å². The van der Waals surface area contributed by atoms with Gasteiger partial charge in [-0.1, -0.05) is 23.8 Å². The summed E-state index contributed by atoms with van der Waals surface area (Å²) in [5.41, 5.74) is 2.05. The summed E-state index contributed by atoms with van der Waals surface area (Å²) in [6.07, 6.45) is 4.49. The van der Waals surface area contributed by atoms with Crippen molar-refractivity contribution < 1.29 is 19.0 Å². The van der Waals surface area contributed by atoms with E-state index in [4.69, 9.17) is 14.2 Å². The Morgan fingerprint density at radius 1 is 1.08 bits per heavy atom. The minimum Gasteiger partial charge on any atom is -0.455 e. The Balaban J connectivity index is 1.32.